The highest BCUT2D eigenvalue weighted by atomic mass is 16.5. The molecule has 8 heteroatoms. The maximum absolute atomic E-state index is 13.1. The number of nitrogens with two attached hydrogens (primary N) is 1. The molecule has 2 unspecified atom stereocenters. The van der Waals surface area contributed by atoms with Gasteiger partial charge in [-0.3, -0.25) is 14.5 Å². The number of amides is 2. The van der Waals surface area contributed by atoms with Gasteiger partial charge in [0.15, 0.2) is 5.96 Å². The number of guanidine groups is 1. The van der Waals surface area contributed by atoms with E-state index in [-0.39, 0.29) is 41.3 Å². The standard InChI is InChI=1S/C24H34N4O3.C3H8O.C2H2/c1-5-24(6-2)12-18(16-9-7-8-10-19(16)31-24)26-21(30)17-11-15(17)14-28-20(29)13-23(3,4)27-22(28)25;1-3-4-2;1-2/h7-10,15,17-18H,5-6,11-14H2,1-4H3,(H2,25,27)(H,26,30);3H2,1-2H3;1-2H/t15-,17?,18?;;/m1../s1. The first kappa shape index (κ1) is 30.2. The van der Waals surface area contributed by atoms with Crippen molar-refractivity contribution in [2.45, 2.75) is 83.9 Å². The second kappa shape index (κ2) is 13.0. The molecule has 1 aromatic rings. The molecule has 8 nitrogen and oxygen atoms in total. The van der Waals surface area contributed by atoms with Gasteiger partial charge >= 0.3 is 0 Å². The topological polar surface area (TPSA) is 106 Å². The smallest absolute Gasteiger partial charge is 0.231 e. The van der Waals surface area contributed by atoms with Gasteiger partial charge in [-0.1, -0.05) is 32.0 Å². The first-order valence-corrected chi connectivity index (χ1v) is 13.1. The van der Waals surface area contributed by atoms with Crippen LogP contribution in [-0.4, -0.2) is 54.1 Å². The number of terminal acetylenes is 1. The predicted molar refractivity (Wildman–Crippen MR) is 147 cm³/mol. The number of nitrogens with one attached hydrogen (secondary N) is 1. The van der Waals surface area contributed by atoms with E-state index in [1.807, 2.05) is 45.0 Å². The number of carbonyl (C=O) groups is 2. The van der Waals surface area contributed by atoms with Gasteiger partial charge in [0.25, 0.3) is 0 Å². The summed E-state index contributed by atoms with van der Waals surface area (Å²) in [4.78, 5) is 31.6. The molecule has 0 bridgehead atoms. The van der Waals surface area contributed by atoms with Crippen LogP contribution in [0.4, 0.5) is 0 Å². The Morgan fingerprint density at radius 3 is 2.43 bits per heavy atom. The molecule has 2 heterocycles. The Bertz CT molecular complexity index is 981. The monoisotopic (exact) mass is 512 g/mol. The molecule has 2 amide bonds. The molecule has 1 saturated carbocycles. The summed E-state index contributed by atoms with van der Waals surface area (Å²) in [6.45, 7) is 11.3. The van der Waals surface area contributed by atoms with Gasteiger partial charge in [0.2, 0.25) is 11.8 Å². The van der Waals surface area contributed by atoms with Crippen LogP contribution in [0.15, 0.2) is 29.3 Å². The minimum atomic E-state index is -0.459. The summed E-state index contributed by atoms with van der Waals surface area (Å²) in [6, 6.07) is 7.91. The van der Waals surface area contributed by atoms with Crippen LogP contribution in [0, 0.1) is 24.7 Å². The summed E-state index contributed by atoms with van der Waals surface area (Å²) < 4.78 is 10.9. The fourth-order valence-corrected chi connectivity index (χ4v) is 4.91. The molecule has 3 aliphatic rings. The molecule has 2 aliphatic heterocycles. The molecule has 3 N–H and O–H groups in total. The van der Waals surface area contributed by atoms with E-state index >= 15 is 0 Å². The van der Waals surface area contributed by atoms with Gasteiger partial charge in [-0.25, -0.2) is 4.99 Å². The van der Waals surface area contributed by atoms with Crippen molar-refractivity contribution in [3.8, 4) is 18.6 Å². The lowest BCUT2D eigenvalue weighted by Crippen LogP contribution is -2.50. The van der Waals surface area contributed by atoms with Gasteiger partial charge in [-0.15, -0.1) is 12.8 Å². The van der Waals surface area contributed by atoms with Crippen molar-refractivity contribution in [3.05, 3.63) is 29.8 Å². The Labute approximate surface area is 222 Å². The van der Waals surface area contributed by atoms with E-state index < -0.39 is 5.54 Å². The lowest BCUT2D eigenvalue weighted by Gasteiger charge is -2.41. The number of rotatable bonds is 7. The fourth-order valence-electron chi connectivity index (χ4n) is 4.91. The van der Waals surface area contributed by atoms with Gasteiger partial charge in [-0.05, 0) is 52.0 Å². The van der Waals surface area contributed by atoms with E-state index in [9.17, 15) is 9.59 Å². The van der Waals surface area contributed by atoms with Gasteiger partial charge in [0, 0.05) is 38.2 Å². The Kier molecular flexibility index (Phi) is 10.6. The number of fused-ring (bicyclic) bond motifs is 1. The molecular weight excluding hydrogens is 468 g/mol. The van der Waals surface area contributed by atoms with Crippen LogP contribution in [0.2, 0.25) is 0 Å². The highest BCUT2D eigenvalue weighted by Gasteiger charge is 2.47. The third-order valence-electron chi connectivity index (χ3n) is 7.35. The van der Waals surface area contributed by atoms with E-state index in [2.05, 4.69) is 41.7 Å². The summed E-state index contributed by atoms with van der Waals surface area (Å²) in [7, 11) is 1.68. The summed E-state index contributed by atoms with van der Waals surface area (Å²) >= 11 is 0. The summed E-state index contributed by atoms with van der Waals surface area (Å²) in [5.41, 5.74) is 6.37. The fraction of sp³-hybridized carbons (Fsp3) is 0.621. The second-order valence-electron chi connectivity index (χ2n) is 10.4. The minimum absolute atomic E-state index is 0.0161. The maximum atomic E-state index is 13.1. The first-order chi connectivity index (χ1) is 17.6. The zero-order valence-electron chi connectivity index (χ0n) is 23.3. The number of hydrogen-bond acceptors (Lipinski definition) is 6. The average molecular weight is 513 g/mol. The van der Waals surface area contributed by atoms with Crippen LogP contribution >= 0.6 is 0 Å². The van der Waals surface area contributed by atoms with Crippen molar-refractivity contribution in [3.63, 3.8) is 0 Å². The van der Waals surface area contributed by atoms with E-state index in [4.69, 9.17) is 10.5 Å². The molecule has 0 aromatic heterocycles. The number of hydrogen-bond donors (Lipinski definition) is 2. The molecule has 0 radical (unpaired) electrons. The average Bonchev–Trinajstić information content (AvgIpc) is 3.66. The minimum Gasteiger partial charge on any atom is -0.487 e. The van der Waals surface area contributed by atoms with Crippen molar-refractivity contribution in [2.24, 2.45) is 22.6 Å². The highest BCUT2D eigenvalue weighted by Crippen LogP contribution is 2.45. The first-order valence-electron chi connectivity index (χ1n) is 13.1. The van der Waals surface area contributed by atoms with Crippen LogP contribution in [0.3, 0.4) is 0 Å². The Hall–Kier alpha value is -3.05. The third-order valence-corrected chi connectivity index (χ3v) is 7.35. The lowest BCUT2D eigenvalue weighted by atomic mass is 9.83. The lowest BCUT2D eigenvalue weighted by molar-refractivity contribution is -0.130. The maximum Gasteiger partial charge on any atom is 0.231 e. The van der Waals surface area contributed by atoms with Crippen molar-refractivity contribution in [2.75, 3.05) is 20.3 Å². The summed E-state index contributed by atoms with van der Waals surface area (Å²) in [6.07, 6.45) is 11.7. The quantitative estimate of drug-likeness (QED) is 0.536. The molecule has 204 valence electrons. The number of benzene rings is 1. The van der Waals surface area contributed by atoms with E-state index in [1.165, 1.54) is 0 Å². The van der Waals surface area contributed by atoms with Crippen molar-refractivity contribution < 1.29 is 19.1 Å². The molecular formula is C29H44N4O4. The summed E-state index contributed by atoms with van der Waals surface area (Å²) in [5.74, 6) is 1.19. The summed E-state index contributed by atoms with van der Waals surface area (Å²) in [5, 5.41) is 3.28. The number of para-hydroxylation sites is 1. The largest absolute Gasteiger partial charge is 0.487 e. The van der Waals surface area contributed by atoms with E-state index in [1.54, 1.807) is 12.0 Å². The zero-order valence-corrected chi connectivity index (χ0v) is 23.3. The predicted octanol–water partition coefficient (Wildman–Crippen LogP) is 4.05. The second-order valence-corrected chi connectivity index (χ2v) is 10.4. The number of aliphatic imine (C=N–C) groups is 1. The molecule has 0 spiro atoms. The van der Waals surface area contributed by atoms with Crippen LogP contribution in [0.25, 0.3) is 0 Å². The van der Waals surface area contributed by atoms with Crippen LogP contribution in [0.1, 0.15) is 78.3 Å². The van der Waals surface area contributed by atoms with Gasteiger partial charge in [0.05, 0.1) is 18.0 Å². The van der Waals surface area contributed by atoms with Gasteiger partial charge in [-0.2, -0.15) is 0 Å². The number of ether oxygens (including phenoxy) is 2. The van der Waals surface area contributed by atoms with Crippen LogP contribution < -0.4 is 15.8 Å². The molecule has 37 heavy (non-hydrogen) atoms. The zero-order chi connectivity index (χ0) is 27.8. The highest BCUT2D eigenvalue weighted by molar-refractivity contribution is 5.99. The van der Waals surface area contributed by atoms with E-state index in [0.717, 1.165) is 43.6 Å². The number of nitrogens with zero attached hydrogens (tertiary/aromatic N) is 2. The Balaban J connectivity index is 0.000000733. The molecule has 0 saturated heterocycles. The molecule has 1 aliphatic carbocycles. The SMILES string of the molecule is C#C.CCC1(CC)CC(NC(=O)C2C[C@@H]2CN2C(=O)CC(C)(C)N=C2N)c2ccccc2O1.CCOC. The van der Waals surface area contributed by atoms with E-state index in [0.29, 0.717) is 13.0 Å². The van der Waals surface area contributed by atoms with Gasteiger partial charge in [0.1, 0.15) is 11.4 Å². The van der Waals surface area contributed by atoms with Crippen LogP contribution in [0.5, 0.6) is 5.75 Å². The molecule has 1 aromatic carbocycles. The normalized spacial score (nSPS) is 24.5. The number of methoxy groups -OCH3 is 1. The number of carbonyl (C=O) groups excluding carboxylic acids is 2. The molecule has 3 atom stereocenters. The van der Waals surface area contributed by atoms with Gasteiger partial charge < -0.3 is 20.5 Å². The van der Waals surface area contributed by atoms with Crippen molar-refractivity contribution in [1.29, 1.82) is 0 Å². The van der Waals surface area contributed by atoms with Crippen LogP contribution in [-0.2, 0) is 14.3 Å². The Morgan fingerprint density at radius 1 is 1.24 bits per heavy atom. The van der Waals surface area contributed by atoms with Crippen molar-refractivity contribution in [1.82, 2.24) is 10.2 Å². The van der Waals surface area contributed by atoms with Crippen molar-refractivity contribution >= 4 is 17.8 Å². The molecule has 1 fully saturated rings. The molecule has 4 rings (SSSR count). The Morgan fingerprint density at radius 2 is 1.86 bits per heavy atom. The third kappa shape index (κ3) is 7.48.